The van der Waals surface area contributed by atoms with Crippen molar-refractivity contribution >= 4 is 22.6 Å². The van der Waals surface area contributed by atoms with Crippen LogP contribution < -0.4 is 14.8 Å². The minimum absolute atomic E-state index is 0.0276. The highest BCUT2D eigenvalue weighted by molar-refractivity contribution is 5.89. The van der Waals surface area contributed by atoms with E-state index in [1.54, 1.807) is 0 Å². The minimum Gasteiger partial charge on any atom is -0.488 e. The Kier molecular flexibility index (Phi) is 5.65. The van der Waals surface area contributed by atoms with Gasteiger partial charge in [0.1, 0.15) is 24.4 Å². The molecule has 3 aromatic rings. The van der Waals surface area contributed by atoms with Crippen molar-refractivity contribution in [1.29, 1.82) is 0 Å². The van der Waals surface area contributed by atoms with E-state index in [0.717, 1.165) is 5.56 Å². The molecule has 0 unspecified atom stereocenters. The lowest BCUT2D eigenvalue weighted by Gasteiger charge is -2.14. The summed E-state index contributed by atoms with van der Waals surface area (Å²) >= 11 is 0. The number of anilines is 1. The molecule has 1 heterocycles. The molecule has 0 aliphatic heterocycles. The van der Waals surface area contributed by atoms with Crippen LogP contribution in [0.4, 0.5) is 10.1 Å². The zero-order chi connectivity index (χ0) is 19.2. The van der Waals surface area contributed by atoms with Gasteiger partial charge in [0.25, 0.3) is 0 Å². The summed E-state index contributed by atoms with van der Waals surface area (Å²) < 4.78 is 30.3. The number of hydrogen-bond acceptors (Lipinski definition) is 7. The van der Waals surface area contributed by atoms with E-state index in [4.69, 9.17) is 9.47 Å². The molecular weight excluding hydrogens is 353 g/mol. The van der Waals surface area contributed by atoms with Gasteiger partial charge in [0.15, 0.2) is 5.82 Å². The SMILES string of the molecule is COC(=O)CNc1cc(OCc2ccccc2)c2cnc(OC)nc2c1F. The van der Waals surface area contributed by atoms with Crippen molar-refractivity contribution in [3.63, 3.8) is 0 Å². The first-order chi connectivity index (χ1) is 13.1. The predicted molar refractivity (Wildman–Crippen MR) is 97.3 cm³/mol. The van der Waals surface area contributed by atoms with Gasteiger partial charge in [0.2, 0.25) is 0 Å². The third kappa shape index (κ3) is 4.22. The molecule has 3 rings (SSSR count). The molecule has 27 heavy (non-hydrogen) atoms. The second-order valence-corrected chi connectivity index (χ2v) is 5.56. The molecule has 2 aromatic carbocycles. The molecule has 0 saturated heterocycles. The molecule has 8 heteroatoms. The van der Waals surface area contributed by atoms with Gasteiger partial charge in [-0.25, -0.2) is 9.37 Å². The Morgan fingerprint density at radius 1 is 1.22 bits per heavy atom. The van der Waals surface area contributed by atoms with E-state index in [0.29, 0.717) is 11.1 Å². The molecular formula is C19H18FN3O4. The summed E-state index contributed by atoms with van der Waals surface area (Å²) in [5, 5.41) is 3.10. The topological polar surface area (TPSA) is 82.6 Å². The van der Waals surface area contributed by atoms with E-state index < -0.39 is 11.8 Å². The van der Waals surface area contributed by atoms with E-state index in [1.807, 2.05) is 30.3 Å². The number of carbonyl (C=O) groups is 1. The summed E-state index contributed by atoms with van der Waals surface area (Å²) in [6.45, 7) is 0.0866. The van der Waals surface area contributed by atoms with Crippen LogP contribution >= 0.6 is 0 Å². The number of hydrogen-bond donors (Lipinski definition) is 1. The number of ether oxygens (including phenoxy) is 3. The molecule has 0 aliphatic rings. The summed E-state index contributed by atoms with van der Waals surface area (Å²) in [5.74, 6) is -0.784. The number of esters is 1. The Labute approximate surface area is 155 Å². The molecule has 7 nitrogen and oxygen atoms in total. The first-order valence-electron chi connectivity index (χ1n) is 8.13. The van der Waals surface area contributed by atoms with Gasteiger partial charge < -0.3 is 19.5 Å². The van der Waals surface area contributed by atoms with E-state index in [9.17, 15) is 9.18 Å². The van der Waals surface area contributed by atoms with Crippen LogP contribution in [0.3, 0.4) is 0 Å². The normalized spacial score (nSPS) is 10.5. The highest BCUT2D eigenvalue weighted by Crippen LogP contribution is 2.33. The molecule has 0 aliphatic carbocycles. The molecule has 1 N–H and O–H groups in total. The van der Waals surface area contributed by atoms with Crippen molar-refractivity contribution in [1.82, 2.24) is 9.97 Å². The molecule has 1 aromatic heterocycles. The first-order valence-corrected chi connectivity index (χ1v) is 8.13. The lowest BCUT2D eigenvalue weighted by Crippen LogP contribution is -2.16. The number of carbonyl (C=O) groups excluding carboxylic acids is 1. The molecule has 0 fully saturated rings. The second-order valence-electron chi connectivity index (χ2n) is 5.56. The van der Waals surface area contributed by atoms with Crippen LogP contribution in [0.2, 0.25) is 0 Å². The first kappa shape index (κ1) is 18.4. The fourth-order valence-corrected chi connectivity index (χ4v) is 2.43. The molecule has 0 atom stereocenters. The summed E-state index contributed by atoms with van der Waals surface area (Å²) in [6, 6.07) is 11.0. The third-order valence-electron chi connectivity index (χ3n) is 3.82. The van der Waals surface area contributed by atoms with Crippen molar-refractivity contribution in [3.8, 4) is 11.8 Å². The predicted octanol–water partition coefficient (Wildman–Crippen LogP) is 2.94. The number of methoxy groups -OCH3 is 2. The number of benzene rings is 2. The van der Waals surface area contributed by atoms with Gasteiger partial charge in [-0.05, 0) is 5.56 Å². The van der Waals surface area contributed by atoms with E-state index in [2.05, 4.69) is 20.0 Å². The van der Waals surface area contributed by atoms with Gasteiger partial charge in [-0.15, -0.1) is 0 Å². The average molecular weight is 371 g/mol. The molecule has 140 valence electrons. The van der Waals surface area contributed by atoms with Gasteiger partial charge in [0.05, 0.1) is 25.3 Å². The van der Waals surface area contributed by atoms with Crippen LogP contribution in [0.1, 0.15) is 5.56 Å². The van der Waals surface area contributed by atoms with E-state index in [-0.39, 0.29) is 30.4 Å². The van der Waals surface area contributed by atoms with Crippen LogP contribution in [-0.4, -0.2) is 36.7 Å². The Morgan fingerprint density at radius 3 is 2.70 bits per heavy atom. The number of halogens is 1. The Morgan fingerprint density at radius 2 is 2.00 bits per heavy atom. The number of fused-ring (bicyclic) bond motifs is 1. The van der Waals surface area contributed by atoms with Gasteiger partial charge in [-0.2, -0.15) is 4.98 Å². The zero-order valence-electron chi connectivity index (χ0n) is 14.9. The fourth-order valence-electron chi connectivity index (χ4n) is 2.43. The Bertz CT molecular complexity index is 951. The fraction of sp³-hybridized carbons (Fsp3) is 0.211. The summed E-state index contributed by atoms with van der Waals surface area (Å²) in [5.41, 5.74) is 1.05. The summed E-state index contributed by atoms with van der Waals surface area (Å²) in [7, 11) is 2.65. The average Bonchev–Trinajstić information content (AvgIpc) is 2.72. The molecule has 0 spiro atoms. The second kappa shape index (κ2) is 8.31. The van der Waals surface area contributed by atoms with Crippen LogP contribution in [-0.2, 0) is 16.1 Å². The van der Waals surface area contributed by atoms with Crippen molar-refractivity contribution < 1.29 is 23.4 Å². The Balaban J connectivity index is 1.98. The van der Waals surface area contributed by atoms with Gasteiger partial charge in [-0.3, -0.25) is 4.79 Å². The van der Waals surface area contributed by atoms with Crippen molar-refractivity contribution in [2.75, 3.05) is 26.1 Å². The quantitative estimate of drug-likeness (QED) is 0.639. The molecule has 0 radical (unpaired) electrons. The summed E-state index contributed by atoms with van der Waals surface area (Å²) in [4.78, 5) is 19.5. The smallest absolute Gasteiger partial charge is 0.325 e. The zero-order valence-corrected chi connectivity index (χ0v) is 14.9. The number of rotatable bonds is 7. The van der Waals surface area contributed by atoms with Crippen molar-refractivity contribution in [2.45, 2.75) is 6.61 Å². The number of nitrogens with zero attached hydrogens (tertiary/aromatic N) is 2. The van der Waals surface area contributed by atoms with Crippen LogP contribution in [0, 0.1) is 5.82 Å². The van der Waals surface area contributed by atoms with Crippen molar-refractivity contribution in [2.24, 2.45) is 0 Å². The molecule has 0 bridgehead atoms. The maximum atomic E-state index is 14.9. The third-order valence-corrected chi connectivity index (χ3v) is 3.82. The van der Waals surface area contributed by atoms with Gasteiger partial charge in [0, 0.05) is 12.3 Å². The van der Waals surface area contributed by atoms with E-state index in [1.165, 1.54) is 26.5 Å². The standard InChI is InChI=1S/C19H18FN3O4/c1-25-16(24)10-21-14-8-15(27-11-12-6-4-3-5-7-12)13-9-22-19(26-2)23-18(13)17(14)20/h3-9,21H,10-11H2,1-2H3. The maximum Gasteiger partial charge on any atom is 0.325 e. The lowest BCUT2D eigenvalue weighted by atomic mass is 10.2. The van der Waals surface area contributed by atoms with E-state index >= 15 is 0 Å². The number of nitrogens with one attached hydrogen (secondary N) is 1. The highest BCUT2D eigenvalue weighted by atomic mass is 19.1. The van der Waals surface area contributed by atoms with Crippen LogP contribution in [0.5, 0.6) is 11.8 Å². The minimum atomic E-state index is -0.637. The highest BCUT2D eigenvalue weighted by Gasteiger charge is 2.17. The van der Waals surface area contributed by atoms with Gasteiger partial charge >= 0.3 is 12.0 Å². The number of aromatic nitrogens is 2. The van der Waals surface area contributed by atoms with Crippen LogP contribution in [0.15, 0.2) is 42.6 Å². The maximum absolute atomic E-state index is 14.9. The largest absolute Gasteiger partial charge is 0.488 e. The van der Waals surface area contributed by atoms with Crippen molar-refractivity contribution in [3.05, 3.63) is 54.0 Å². The monoisotopic (exact) mass is 371 g/mol. The van der Waals surface area contributed by atoms with Gasteiger partial charge in [-0.1, -0.05) is 30.3 Å². The summed E-state index contributed by atoms with van der Waals surface area (Å²) in [6.07, 6.45) is 1.44. The lowest BCUT2D eigenvalue weighted by molar-refractivity contribution is -0.138. The Hall–Kier alpha value is -3.42. The molecule has 0 saturated carbocycles. The molecule has 0 amide bonds. The van der Waals surface area contributed by atoms with Crippen LogP contribution in [0.25, 0.3) is 10.9 Å².